The lowest BCUT2D eigenvalue weighted by Crippen LogP contribution is -2.47. The second-order valence-electron chi connectivity index (χ2n) is 6.33. The van der Waals surface area contributed by atoms with E-state index < -0.39 is 0 Å². The highest BCUT2D eigenvalue weighted by Gasteiger charge is 2.15. The molecule has 0 radical (unpaired) electrons. The number of carbonyl (C=O) groups is 1. The van der Waals surface area contributed by atoms with Gasteiger partial charge in [0.05, 0.1) is 13.0 Å². The molecule has 7 heteroatoms. The average Bonchev–Trinajstić information content (AvgIpc) is 2.61. The first-order chi connectivity index (χ1) is 11.8. The molecule has 0 spiro atoms. The topological polar surface area (TPSA) is 91.1 Å². The predicted octanol–water partition coefficient (Wildman–Crippen LogP) is -0.362. The number of nitrogens with one attached hydrogen (secondary N) is 1. The third-order valence-electron chi connectivity index (χ3n) is 4.29. The normalized spacial score (nSPS) is 16.4. The third-order valence-corrected chi connectivity index (χ3v) is 4.29. The van der Waals surface area contributed by atoms with Crippen molar-refractivity contribution in [3.05, 3.63) is 0 Å². The third kappa shape index (κ3) is 10.9. The first kappa shape index (κ1) is 21.3. The molecule has 4 N–H and O–H groups in total. The number of hydrogen-bond acceptors (Lipinski definition) is 7. The van der Waals surface area contributed by atoms with E-state index in [2.05, 4.69) is 15.1 Å². The van der Waals surface area contributed by atoms with E-state index in [9.17, 15) is 4.79 Å². The number of hydrogen-bond donors (Lipinski definition) is 3. The quantitative estimate of drug-likeness (QED) is 0.293. The van der Waals surface area contributed by atoms with Gasteiger partial charge in [-0.2, -0.15) is 0 Å². The molecule has 24 heavy (non-hydrogen) atoms. The van der Waals surface area contributed by atoms with Gasteiger partial charge in [0.2, 0.25) is 0 Å². The minimum Gasteiger partial charge on any atom is -0.466 e. The molecule has 0 aromatic rings. The smallest absolute Gasteiger partial charge is 0.307 e. The number of piperazine rings is 1. The second kappa shape index (κ2) is 14.6. The first-order valence-electron chi connectivity index (χ1n) is 9.38. The molecule has 0 atom stereocenters. The van der Waals surface area contributed by atoms with E-state index in [0.717, 1.165) is 71.6 Å². The van der Waals surface area contributed by atoms with Crippen LogP contribution < -0.4 is 11.1 Å². The van der Waals surface area contributed by atoms with Crippen LogP contribution in [-0.4, -0.2) is 93.0 Å². The molecule has 0 bridgehead atoms. The Bertz CT molecular complexity index is 310. The Morgan fingerprint density at radius 1 is 1.00 bits per heavy atom. The summed E-state index contributed by atoms with van der Waals surface area (Å²) >= 11 is 0. The van der Waals surface area contributed by atoms with Crippen LogP contribution in [0.15, 0.2) is 0 Å². The number of aliphatic hydroxyl groups excluding tert-OH is 1. The number of nitrogens with two attached hydrogens (primary N) is 1. The summed E-state index contributed by atoms with van der Waals surface area (Å²) in [5.41, 5.74) is 5.55. The summed E-state index contributed by atoms with van der Waals surface area (Å²) in [7, 11) is 0. The summed E-state index contributed by atoms with van der Waals surface area (Å²) < 4.78 is 5.07. The van der Waals surface area contributed by atoms with Crippen LogP contribution in [0.1, 0.15) is 32.1 Å². The lowest BCUT2D eigenvalue weighted by Gasteiger charge is -2.34. The zero-order chi connectivity index (χ0) is 17.5. The van der Waals surface area contributed by atoms with Crippen molar-refractivity contribution < 1.29 is 14.6 Å². The molecule has 7 nitrogen and oxygen atoms in total. The Morgan fingerprint density at radius 2 is 1.67 bits per heavy atom. The number of rotatable bonds is 14. The minimum atomic E-state index is -0.158. The Balaban J connectivity index is 1.88. The molecule has 1 heterocycles. The van der Waals surface area contributed by atoms with Crippen LogP contribution in [0.2, 0.25) is 0 Å². The lowest BCUT2D eigenvalue weighted by molar-refractivity contribution is -0.143. The van der Waals surface area contributed by atoms with Crippen molar-refractivity contribution in [1.82, 2.24) is 15.1 Å². The zero-order valence-electron chi connectivity index (χ0n) is 15.0. The van der Waals surface area contributed by atoms with E-state index in [1.54, 1.807) is 0 Å². The molecule has 0 aliphatic carbocycles. The molecule has 0 amide bonds. The molecule has 1 aliphatic rings. The fourth-order valence-electron chi connectivity index (χ4n) is 2.77. The summed E-state index contributed by atoms with van der Waals surface area (Å²) in [5.74, 6) is -0.158. The van der Waals surface area contributed by atoms with Gasteiger partial charge >= 0.3 is 5.97 Å². The van der Waals surface area contributed by atoms with Gasteiger partial charge in [-0.3, -0.25) is 4.79 Å². The summed E-state index contributed by atoms with van der Waals surface area (Å²) in [6, 6.07) is 0. The van der Waals surface area contributed by atoms with E-state index in [1.165, 1.54) is 0 Å². The summed E-state index contributed by atoms with van der Waals surface area (Å²) in [6.07, 6.45) is 4.03. The Labute approximate surface area is 146 Å². The van der Waals surface area contributed by atoms with Crippen LogP contribution in [0.5, 0.6) is 0 Å². The highest BCUT2D eigenvalue weighted by molar-refractivity contribution is 5.69. The van der Waals surface area contributed by atoms with Crippen molar-refractivity contribution in [3.8, 4) is 0 Å². The fourth-order valence-corrected chi connectivity index (χ4v) is 2.77. The van der Waals surface area contributed by atoms with Gasteiger partial charge in [-0.1, -0.05) is 0 Å². The SMILES string of the molecule is NCCCN1CCN(CCCNCCC(=O)OCCCCO)CC1. The second-order valence-corrected chi connectivity index (χ2v) is 6.33. The average molecular weight is 345 g/mol. The summed E-state index contributed by atoms with van der Waals surface area (Å²) in [6.45, 7) is 9.78. The van der Waals surface area contributed by atoms with Crippen LogP contribution in [0.3, 0.4) is 0 Å². The maximum Gasteiger partial charge on any atom is 0.307 e. The van der Waals surface area contributed by atoms with Crippen LogP contribution >= 0.6 is 0 Å². The summed E-state index contributed by atoms with van der Waals surface area (Å²) in [5, 5.41) is 11.9. The van der Waals surface area contributed by atoms with Crippen molar-refractivity contribution in [3.63, 3.8) is 0 Å². The molecule has 0 unspecified atom stereocenters. The van der Waals surface area contributed by atoms with Crippen LogP contribution in [0.4, 0.5) is 0 Å². The molecular weight excluding hydrogens is 308 g/mol. The Kier molecular flexibility index (Phi) is 13.0. The van der Waals surface area contributed by atoms with Crippen molar-refractivity contribution in [1.29, 1.82) is 0 Å². The highest BCUT2D eigenvalue weighted by Crippen LogP contribution is 2.02. The largest absolute Gasteiger partial charge is 0.466 e. The van der Waals surface area contributed by atoms with Crippen molar-refractivity contribution in [2.24, 2.45) is 5.73 Å². The van der Waals surface area contributed by atoms with Gasteiger partial charge in [0, 0.05) is 39.3 Å². The van der Waals surface area contributed by atoms with E-state index in [4.69, 9.17) is 15.6 Å². The van der Waals surface area contributed by atoms with E-state index in [0.29, 0.717) is 26.0 Å². The zero-order valence-corrected chi connectivity index (χ0v) is 15.0. The maximum atomic E-state index is 11.4. The number of esters is 1. The molecule has 142 valence electrons. The minimum absolute atomic E-state index is 0.155. The highest BCUT2D eigenvalue weighted by atomic mass is 16.5. The number of aliphatic hydroxyl groups is 1. The molecule has 1 rings (SSSR count). The number of nitrogens with zero attached hydrogens (tertiary/aromatic N) is 2. The van der Waals surface area contributed by atoms with Gasteiger partial charge in [0.25, 0.3) is 0 Å². The van der Waals surface area contributed by atoms with Crippen LogP contribution in [0, 0.1) is 0 Å². The molecular formula is C17H36N4O3. The van der Waals surface area contributed by atoms with Gasteiger partial charge < -0.3 is 30.7 Å². The molecule has 1 aliphatic heterocycles. The predicted molar refractivity (Wildman–Crippen MR) is 95.9 cm³/mol. The van der Waals surface area contributed by atoms with E-state index in [1.807, 2.05) is 0 Å². The fraction of sp³-hybridized carbons (Fsp3) is 0.941. The molecule has 1 saturated heterocycles. The van der Waals surface area contributed by atoms with Crippen molar-refractivity contribution >= 4 is 5.97 Å². The van der Waals surface area contributed by atoms with E-state index >= 15 is 0 Å². The van der Waals surface area contributed by atoms with Gasteiger partial charge in [-0.05, 0) is 51.9 Å². The van der Waals surface area contributed by atoms with E-state index in [-0.39, 0.29) is 12.6 Å². The molecule has 0 aromatic carbocycles. The molecule has 0 aromatic heterocycles. The lowest BCUT2D eigenvalue weighted by atomic mass is 10.2. The number of ether oxygens (including phenoxy) is 1. The first-order valence-corrected chi connectivity index (χ1v) is 9.38. The molecule has 1 fully saturated rings. The Hall–Kier alpha value is -0.730. The van der Waals surface area contributed by atoms with Crippen LogP contribution in [0.25, 0.3) is 0 Å². The number of carbonyl (C=O) groups excluding carboxylic acids is 1. The summed E-state index contributed by atoms with van der Waals surface area (Å²) in [4.78, 5) is 16.5. The monoisotopic (exact) mass is 344 g/mol. The van der Waals surface area contributed by atoms with Gasteiger partial charge in [0.1, 0.15) is 0 Å². The van der Waals surface area contributed by atoms with Crippen molar-refractivity contribution in [2.45, 2.75) is 32.1 Å². The van der Waals surface area contributed by atoms with Crippen molar-refractivity contribution in [2.75, 3.05) is 72.1 Å². The van der Waals surface area contributed by atoms with Gasteiger partial charge in [-0.15, -0.1) is 0 Å². The molecule has 0 saturated carbocycles. The van der Waals surface area contributed by atoms with Gasteiger partial charge in [-0.25, -0.2) is 0 Å². The van der Waals surface area contributed by atoms with Gasteiger partial charge in [0.15, 0.2) is 0 Å². The maximum absolute atomic E-state index is 11.4. The standard InChI is InChI=1S/C17H36N4O3/c18-6-3-9-20-11-13-21(14-12-20)10-4-7-19-8-5-17(23)24-16-2-1-15-22/h19,22H,1-16,18H2. The Morgan fingerprint density at radius 3 is 2.29 bits per heavy atom. The number of unbranched alkanes of at least 4 members (excludes halogenated alkanes) is 1. The van der Waals surface area contributed by atoms with Crippen LogP contribution in [-0.2, 0) is 9.53 Å².